The number of amides is 1. The molecule has 0 bridgehead atoms. The molecule has 1 aromatic heterocycles. The maximum absolute atomic E-state index is 13.5. The van der Waals surface area contributed by atoms with Crippen molar-refractivity contribution in [3.63, 3.8) is 0 Å². The van der Waals surface area contributed by atoms with Gasteiger partial charge in [-0.3, -0.25) is 4.79 Å². The number of benzene rings is 1. The summed E-state index contributed by atoms with van der Waals surface area (Å²) in [6, 6.07) is 6.16. The van der Waals surface area contributed by atoms with Crippen molar-refractivity contribution in [3.8, 4) is 0 Å². The minimum Gasteiger partial charge on any atom is -0.355 e. The first kappa shape index (κ1) is 24.2. The summed E-state index contributed by atoms with van der Waals surface area (Å²) in [4.78, 5) is 12.7. The lowest BCUT2D eigenvalue weighted by Gasteiger charge is -2.31. The Hall–Kier alpha value is -2.45. The van der Waals surface area contributed by atoms with E-state index in [0.29, 0.717) is 25.1 Å². The van der Waals surface area contributed by atoms with Crippen molar-refractivity contribution in [2.45, 2.75) is 64.8 Å². The van der Waals surface area contributed by atoms with Crippen LogP contribution in [0, 0.1) is 26.7 Å². The van der Waals surface area contributed by atoms with Crippen LogP contribution >= 0.6 is 0 Å². The van der Waals surface area contributed by atoms with Gasteiger partial charge in [-0.25, -0.2) is 8.42 Å². The molecule has 0 aliphatic carbocycles. The Balaban J connectivity index is 1.86. The van der Waals surface area contributed by atoms with E-state index < -0.39 is 10.0 Å². The second-order valence-corrected chi connectivity index (χ2v) is 10.5. The number of aromatic nitrogens is 1. The van der Waals surface area contributed by atoms with Crippen LogP contribution in [0.5, 0.6) is 0 Å². The van der Waals surface area contributed by atoms with E-state index in [1.54, 1.807) is 13.0 Å². The highest BCUT2D eigenvalue weighted by molar-refractivity contribution is 7.89. The summed E-state index contributed by atoms with van der Waals surface area (Å²) in [5, 5.41) is 6.90. The maximum atomic E-state index is 13.5. The summed E-state index contributed by atoms with van der Waals surface area (Å²) in [5.74, 6) is -0.243. The summed E-state index contributed by atoms with van der Waals surface area (Å²) in [6.45, 7) is 10.1. The van der Waals surface area contributed by atoms with Crippen LogP contribution in [0.3, 0.4) is 0 Å². The third-order valence-electron chi connectivity index (χ3n) is 6.04. The highest BCUT2D eigenvalue weighted by Crippen LogP contribution is 2.29. The lowest BCUT2D eigenvalue weighted by atomic mass is 9.98. The number of carbonyl (C=O) groups excluding carboxylic acids is 1. The molecule has 0 spiro atoms. The molecule has 2 aromatic rings. The molecule has 1 aromatic carbocycles. The Labute approximate surface area is 190 Å². The fraction of sp³-hybridized carbons (Fsp3) is 0.500. The third kappa shape index (κ3) is 5.30. The number of nitrogens with zero attached hydrogens (tertiary/aromatic N) is 2. The molecule has 32 heavy (non-hydrogen) atoms. The predicted octanol–water partition coefficient (Wildman–Crippen LogP) is 4.09. The van der Waals surface area contributed by atoms with Gasteiger partial charge in [0.1, 0.15) is 5.69 Å². The number of piperidine rings is 1. The van der Waals surface area contributed by atoms with Crippen molar-refractivity contribution in [2.24, 2.45) is 5.92 Å². The fourth-order valence-electron chi connectivity index (χ4n) is 3.87. The molecule has 3 rings (SSSR count). The van der Waals surface area contributed by atoms with Gasteiger partial charge < -0.3 is 9.84 Å². The van der Waals surface area contributed by atoms with Gasteiger partial charge in [0.05, 0.1) is 5.92 Å². The molecular formula is C24H33N3O4S. The molecule has 1 aliphatic heterocycles. The molecule has 1 aliphatic rings. The van der Waals surface area contributed by atoms with Gasteiger partial charge >= 0.3 is 0 Å². The smallest absolute Gasteiger partial charge is 0.248 e. The number of carbonyl (C=O) groups is 1. The van der Waals surface area contributed by atoms with E-state index in [1.165, 1.54) is 4.31 Å². The number of hydrogen-bond donors (Lipinski definition) is 1. The SMILES string of the molecule is CCC(C)NC(=O)C1CCCN(S(=O)(=O)c2c(C)noc2/C=C/c2cc(C)ccc2C)C1. The van der Waals surface area contributed by atoms with Gasteiger partial charge in [-0.05, 0) is 64.2 Å². The molecule has 0 radical (unpaired) electrons. The average Bonchev–Trinajstić information content (AvgIpc) is 3.15. The maximum Gasteiger partial charge on any atom is 0.248 e. The van der Waals surface area contributed by atoms with Gasteiger partial charge in [0.25, 0.3) is 0 Å². The lowest BCUT2D eigenvalue weighted by Crippen LogP contribution is -2.47. The van der Waals surface area contributed by atoms with Crippen molar-refractivity contribution in [1.29, 1.82) is 0 Å². The molecule has 2 atom stereocenters. The number of aryl methyl sites for hydroxylation is 3. The lowest BCUT2D eigenvalue weighted by molar-refractivity contribution is -0.126. The molecular weight excluding hydrogens is 426 g/mol. The van der Waals surface area contributed by atoms with Crippen molar-refractivity contribution in [3.05, 3.63) is 46.3 Å². The van der Waals surface area contributed by atoms with Crippen LogP contribution in [0.1, 0.15) is 61.3 Å². The van der Waals surface area contributed by atoms with E-state index in [0.717, 1.165) is 23.1 Å². The quantitative estimate of drug-likeness (QED) is 0.673. The number of sulfonamides is 1. The molecule has 7 nitrogen and oxygen atoms in total. The van der Waals surface area contributed by atoms with Crippen molar-refractivity contribution < 1.29 is 17.7 Å². The van der Waals surface area contributed by atoms with E-state index in [9.17, 15) is 13.2 Å². The average molecular weight is 460 g/mol. The van der Waals surface area contributed by atoms with Gasteiger partial charge in [0.2, 0.25) is 15.9 Å². The summed E-state index contributed by atoms with van der Waals surface area (Å²) in [7, 11) is -3.86. The third-order valence-corrected chi connectivity index (χ3v) is 8.06. The minimum atomic E-state index is -3.86. The summed E-state index contributed by atoms with van der Waals surface area (Å²) < 4.78 is 33.8. The normalized spacial score (nSPS) is 18.7. The van der Waals surface area contributed by atoms with Gasteiger partial charge in [-0.15, -0.1) is 0 Å². The monoisotopic (exact) mass is 459 g/mol. The fourth-order valence-corrected chi connectivity index (χ4v) is 5.64. The van der Waals surface area contributed by atoms with E-state index in [1.807, 2.05) is 52.0 Å². The van der Waals surface area contributed by atoms with E-state index >= 15 is 0 Å². The first-order valence-corrected chi connectivity index (χ1v) is 12.6. The summed E-state index contributed by atoms with van der Waals surface area (Å²) in [5.41, 5.74) is 3.50. The number of nitrogens with one attached hydrogen (secondary N) is 1. The zero-order valence-electron chi connectivity index (χ0n) is 19.5. The van der Waals surface area contributed by atoms with Crippen molar-refractivity contribution in [2.75, 3.05) is 13.1 Å². The Morgan fingerprint density at radius 1 is 1.31 bits per heavy atom. The standard InChI is InChI=1S/C24H33N3O4S/c1-6-18(4)25-24(28)21-8-7-13-27(15-21)32(29,30)23-19(5)26-31-22(23)12-11-20-14-16(2)9-10-17(20)3/h9-12,14,18,21H,6-8,13,15H2,1-5H3,(H,25,28)/b12-11+. The molecule has 174 valence electrons. The molecule has 0 saturated carbocycles. The Morgan fingerprint density at radius 3 is 2.78 bits per heavy atom. The first-order valence-electron chi connectivity index (χ1n) is 11.2. The van der Waals surface area contributed by atoms with Crippen LogP contribution in [0.4, 0.5) is 0 Å². The highest BCUT2D eigenvalue weighted by Gasteiger charge is 2.37. The molecule has 1 fully saturated rings. The zero-order valence-corrected chi connectivity index (χ0v) is 20.3. The summed E-state index contributed by atoms with van der Waals surface area (Å²) in [6.07, 6.45) is 5.65. The van der Waals surface area contributed by atoms with Gasteiger partial charge in [0, 0.05) is 19.1 Å². The van der Waals surface area contributed by atoms with Crippen molar-refractivity contribution >= 4 is 28.1 Å². The highest BCUT2D eigenvalue weighted by atomic mass is 32.2. The van der Waals surface area contributed by atoms with E-state index in [-0.39, 0.29) is 35.1 Å². The molecule has 8 heteroatoms. The minimum absolute atomic E-state index is 0.0663. The van der Waals surface area contributed by atoms with Crippen LogP contribution in [-0.2, 0) is 14.8 Å². The van der Waals surface area contributed by atoms with Crippen LogP contribution in [-0.4, -0.2) is 42.9 Å². The molecule has 1 saturated heterocycles. The van der Waals surface area contributed by atoms with Gasteiger partial charge in [-0.1, -0.05) is 41.9 Å². The predicted molar refractivity (Wildman–Crippen MR) is 125 cm³/mol. The molecule has 1 N–H and O–H groups in total. The zero-order chi connectivity index (χ0) is 23.5. The topological polar surface area (TPSA) is 92.5 Å². The summed E-state index contributed by atoms with van der Waals surface area (Å²) >= 11 is 0. The molecule has 2 heterocycles. The largest absolute Gasteiger partial charge is 0.355 e. The van der Waals surface area contributed by atoms with Crippen LogP contribution in [0.25, 0.3) is 12.2 Å². The van der Waals surface area contributed by atoms with Gasteiger partial charge in [0.15, 0.2) is 10.7 Å². The van der Waals surface area contributed by atoms with E-state index in [2.05, 4.69) is 10.5 Å². The van der Waals surface area contributed by atoms with Crippen LogP contribution in [0.2, 0.25) is 0 Å². The second kappa shape index (κ2) is 10.0. The van der Waals surface area contributed by atoms with Gasteiger partial charge in [-0.2, -0.15) is 4.31 Å². The van der Waals surface area contributed by atoms with Crippen molar-refractivity contribution in [1.82, 2.24) is 14.8 Å². The Morgan fingerprint density at radius 2 is 2.06 bits per heavy atom. The Kier molecular flexibility index (Phi) is 7.56. The number of rotatable bonds is 7. The first-order chi connectivity index (χ1) is 15.1. The van der Waals surface area contributed by atoms with E-state index in [4.69, 9.17) is 4.52 Å². The molecule has 2 unspecified atom stereocenters. The Bertz CT molecular complexity index is 1100. The second-order valence-electron chi connectivity index (χ2n) is 8.67. The molecule has 1 amide bonds. The van der Waals surface area contributed by atoms with Crippen LogP contribution in [0.15, 0.2) is 27.6 Å². The van der Waals surface area contributed by atoms with Crippen LogP contribution < -0.4 is 5.32 Å². The number of hydrogen-bond acceptors (Lipinski definition) is 5.